The number of carbonyl (C=O) groups is 1. The largest absolute Gasteiger partial charge is 0.307 e. The molecular formula is C23H23BrN2O3S. The first-order valence-corrected chi connectivity index (χ1v) is 11.8. The fraction of sp³-hybridized carbons (Fsp3) is 0.174. The summed E-state index contributed by atoms with van der Waals surface area (Å²) in [5.41, 5.74) is 3.28. The van der Waals surface area contributed by atoms with E-state index < -0.39 is 10.0 Å². The highest BCUT2D eigenvalue weighted by Crippen LogP contribution is 2.30. The minimum absolute atomic E-state index is 0.143. The smallest absolute Gasteiger partial charge is 0.261 e. The van der Waals surface area contributed by atoms with Crippen LogP contribution in [0.15, 0.2) is 76.1 Å². The van der Waals surface area contributed by atoms with Crippen molar-refractivity contribution in [1.29, 1.82) is 0 Å². The number of sulfonamides is 1. The minimum atomic E-state index is -3.83. The van der Waals surface area contributed by atoms with Crippen LogP contribution in [-0.2, 0) is 10.0 Å². The highest BCUT2D eigenvalue weighted by atomic mass is 79.9. The summed E-state index contributed by atoms with van der Waals surface area (Å²) >= 11 is 3.53. The van der Waals surface area contributed by atoms with Gasteiger partial charge in [0, 0.05) is 11.0 Å². The quantitative estimate of drug-likeness (QED) is 0.497. The number of rotatable bonds is 6. The molecule has 1 N–H and O–H groups in total. The van der Waals surface area contributed by atoms with Crippen molar-refractivity contribution in [3.8, 4) is 0 Å². The Bertz CT molecular complexity index is 1180. The van der Waals surface area contributed by atoms with Crippen molar-refractivity contribution in [2.45, 2.75) is 25.7 Å². The van der Waals surface area contributed by atoms with Crippen LogP contribution in [0.3, 0.4) is 0 Å². The average Bonchev–Trinajstić information content (AvgIpc) is 2.70. The Hall–Kier alpha value is -2.64. The van der Waals surface area contributed by atoms with Gasteiger partial charge in [-0.3, -0.25) is 9.52 Å². The molecule has 7 heteroatoms. The Labute approximate surface area is 185 Å². The SMILES string of the molecule is CCN(C(=O)c1ccccc1NS(=O)(=O)c1ccc(C)cc1)c1ccc(C)cc1Br. The van der Waals surface area contributed by atoms with Crippen LogP contribution in [0.1, 0.15) is 28.4 Å². The van der Waals surface area contributed by atoms with E-state index in [1.54, 1.807) is 53.4 Å². The van der Waals surface area contributed by atoms with Gasteiger partial charge in [-0.25, -0.2) is 8.42 Å². The molecule has 1 amide bonds. The predicted molar refractivity (Wildman–Crippen MR) is 125 cm³/mol. The zero-order chi connectivity index (χ0) is 21.9. The molecule has 0 aliphatic heterocycles. The van der Waals surface area contributed by atoms with Crippen LogP contribution in [0.2, 0.25) is 0 Å². The molecule has 0 heterocycles. The van der Waals surface area contributed by atoms with Crippen LogP contribution in [0.5, 0.6) is 0 Å². The molecule has 0 radical (unpaired) electrons. The van der Waals surface area contributed by atoms with E-state index in [0.717, 1.165) is 21.3 Å². The van der Waals surface area contributed by atoms with Crippen LogP contribution >= 0.6 is 15.9 Å². The predicted octanol–water partition coefficient (Wildman–Crippen LogP) is 5.53. The molecule has 3 aromatic rings. The van der Waals surface area contributed by atoms with E-state index in [4.69, 9.17) is 0 Å². The maximum absolute atomic E-state index is 13.4. The van der Waals surface area contributed by atoms with Crippen molar-refractivity contribution in [1.82, 2.24) is 0 Å². The highest BCUT2D eigenvalue weighted by Gasteiger charge is 2.23. The molecule has 0 aromatic heterocycles. The first-order chi connectivity index (χ1) is 14.2. The van der Waals surface area contributed by atoms with Gasteiger partial charge in [-0.2, -0.15) is 0 Å². The summed E-state index contributed by atoms with van der Waals surface area (Å²) in [6.45, 7) is 6.17. The minimum Gasteiger partial charge on any atom is -0.307 e. The zero-order valence-corrected chi connectivity index (χ0v) is 19.4. The average molecular weight is 487 g/mol. The summed E-state index contributed by atoms with van der Waals surface area (Å²) in [7, 11) is -3.83. The first-order valence-electron chi connectivity index (χ1n) is 9.49. The van der Waals surface area contributed by atoms with Gasteiger partial charge >= 0.3 is 0 Å². The summed E-state index contributed by atoms with van der Waals surface area (Å²) in [4.78, 5) is 15.1. The van der Waals surface area contributed by atoms with Gasteiger partial charge < -0.3 is 4.90 Å². The van der Waals surface area contributed by atoms with E-state index in [-0.39, 0.29) is 22.1 Å². The Morgan fingerprint density at radius 1 is 0.967 bits per heavy atom. The van der Waals surface area contributed by atoms with E-state index in [0.29, 0.717) is 6.54 Å². The second-order valence-corrected chi connectivity index (χ2v) is 9.51. The lowest BCUT2D eigenvalue weighted by atomic mass is 10.1. The highest BCUT2D eigenvalue weighted by molar-refractivity contribution is 9.10. The number of benzene rings is 3. The number of nitrogens with zero attached hydrogens (tertiary/aromatic N) is 1. The molecule has 0 saturated heterocycles. The van der Waals surface area contributed by atoms with Crippen LogP contribution in [0.25, 0.3) is 0 Å². The Kier molecular flexibility index (Phi) is 6.63. The molecule has 0 saturated carbocycles. The molecule has 0 atom stereocenters. The van der Waals surface area contributed by atoms with Crippen molar-refractivity contribution in [2.24, 2.45) is 0 Å². The van der Waals surface area contributed by atoms with E-state index in [2.05, 4.69) is 20.7 Å². The number of hydrogen-bond acceptors (Lipinski definition) is 3. The van der Waals surface area contributed by atoms with Crippen molar-refractivity contribution in [2.75, 3.05) is 16.2 Å². The van der Waals surface area contributed by atoms with Crippen LogP contribution in [0.4, 0.5) is 11.4 Å². The van der Waals surface area contributed by atoms with Crippen molar-refractivity contribution in [3.05, 3.63) is 87.9 Å². The molecule has 3 rings (SSSR count). The van der Waals surface area contributed by atoms with Gasteiger partial charge in [0.1, 0.15) is 0 Å². The third-order valence-electron chi connectivity index (χ3n) is 4.69. The van der Waals surface area contributed by atoms with Gasteiger partial charge in [0.15, 0.2) is 0 Å². The topological polar surface area (TPSA) is 66.5 Å². The summed E-state index contributed by atoms with van der Waals surface area (Å²) in [5, 5.41) is 0. The van der Waals surface area contributed by atoms with Crippen molar-refractivity contribution < 1.29 is 13.2 Å². The van der Waals surface area contributed by atoms with Crippen LogP contribution in [-0.4, -0.2) is 20.9 Å². The van der Waals surface area contributed by atoms with E-state index in [1.807, 2.05) is 39.0 Å². The fourth-order valence-corrected chi connectivity index (χ4v) is 4.87. The van der Waals surface area contributed by atoms with E-state index >= 15 is 0 Å². The third kappa shape index (κ3) is 4.74. The lowest BCUT2D eigenvalue weighted by molar-refractivity contribution is 0.0989. The standard InChI is InChI=1S/C23H23BrN2O3S/c1-4-26(22-14-11-17(3)15-20(22)24)23(27)19-7-5-6-8-21(19)25-30(28,29)18-12-9-16(2)10-13-18/h5-15,25H,4H2,1-3H3. The molecule has 156 valence electrons. The number of nitrogens with one attached hydrogen (secondary N) is 1. The zero-order valence-electron chi connectivity index (χ0n) is 17.0. The third-order valence-corrected chi connectivity index (χ3v) is 6.71. The molecule has 0 spiro atoms. The number of amides is 1. The van der Waals surface area contributed by atoms with Gasteiger partial charge in [0.25, 0.3) is 15.9 Å². The Morgan fingerprint density at radius 3 is 2.23 bits per heavy atom. The summed E-state index contributed by atoms with van der Waals surface area (Å²) in [6, 6.07) is 18.9. The van der Waals surface area contributed by atoms with Gasteiger partial charge in [-0.15, -0.1) is 0 Å². The number of aryl methyl sites for hydroxylation is 2. The second kappa shape index (κ2) is 9.02. The number of hydrogen-bond donors (Lipinski definition) is 1. The van der Waals surface area contributed by atoms with Crippen molar-refractivity contribution in [3.63, 3.8) is 0 Å². The summed E-state index contributed by atoms with van der Waals surface area (Å²) in [6.07, 6.45) is 0. The van der Waals surface area contributed by atoms with Gasteiger partial charge in [0.2, 0.25) is 0 Å². The molecule has 0 aliphatic carbocycles. The van der Waals surface area contributed by atoms with Crippen LogP contribution < -0.4 is 9.62 Å². The molecule has 5 nitrogen and oxygen atoms in total. The van der Waals surface area contributed by atoms with Gasteiger partial charge in [-0.1, -0.05) is 35.9 Å². The molecule has 0 bridgehead atoms. The molecule has 0 fully saturated rings. The Morgan fingerprint density at radius 2 is 1.60 bits per heavy atom. The normalized spacial score (nSPS) is 11.2. The number of halogens is 1. The fourth-order valence-electron chi connectivity index (χ4n) is 3.08. The second-order valence-electron chi connectivity index (χ2n) is 6.97. The summed E-state index contributed by atoms with van der Waals surface area (Å²) in [5.74, 6) is -0.288. The van der Waals surface area contributed by atoms with Gasteiger partial charge in [0.05, 0.1) is 21.8 Å². The number of carbonyl (C=O) groups excluding carboxylic acids is 1. The number of anilines is 2. The van der Waals surface area contributed by atoms with E-state index in [1.165, 1.54) is 0 Å². The van der Waals surface area contributed by atoms with E-state index in [9.17, 15) is 13.2 Å². The van der Waals surface area contributed by atoms with Gasteiger partial charge in [-0.05, 0) is 78.7 Å². The molecule has 0 unspecified atom stereocenters. The summed E-state index contributed by atoms with van der Waals surface area (Å²) < 4.78 is 29.1. The number of para-hydroxylation sites is 1. The Balaban J connectivity index is 1.97. The molecule has 3 aromatic carbocycles. The molecular weight excluding hydrogens is 464 g/mol. The lowest BCUT2D eigenvalue weighted by Crippen LogP contribution is -2.32. The van der Waals surface area contributed by atoms with Crippen molar-refractivity contribution >= 4 is 43.2 Å². The molecule has 0 aliphatic rings. The van der Waals surface area contributed by atoms with Crippen LogP contribution in [0, 0.1) is 13.8 Å². The first kappa shape index (κ1) is 22.1. The monoisotopic (exact) mass is 486 g/mol. The maximum Gasteiger partial charge on any atom is 0.261 e. The maximum atomic E-state index is 13.4. The lowest BCUT2D eigenvalue weighted by Gasteiger charge is -2.24. The molecule has 30 heavy (non-hydrogen) atoms.